The highest BCUT2D eigenvalue weighted by Crippen LogP contribution is 2.45. The zero-order chi connectivity index (χ0) is 23.3. The minimum atomic E-state index is -0.608. The van der Waals surface area contributed by atoms with Crippen molar-refractivity contribution >= 4 is 17.0 Å². The molecule has 0 fully saturated rings. The van der Waals surface area contributed by atoms with E-state index in [1.165, 1.54) is 6.07 Å². The van der Waals surface area contributed by atoms with Crippen molar-refractivity contribution in [2.75, 3.05) is 0 Å². The fourth-order valence-corrected chi connectivity index (χ4v) is 3.52. The fourth-order valence-electron chi connectivity index (χ4n) is 3.52. The number of fused-ring (bicyclic) bond motifs is 1. The molecule has 0 aliphatic rings. The van der Waals surface area contributed by atoms with Crippen LogP contribution in [0, 0.1) is 5.82 Å². The van der Waals surface area contributed by atoms with Crippen LogP contribution in [0.25, 0.3) is 17.0 Å². The van der Waals surface area contributed by atoms with Crippen molar-refractivity contribution in [3.63, 3.8) is 0 Å². The van der Waals surface area contributed by atoms with E-state index in [4.69, 9.17) is 14.2 Å². The van der Waals surface area contributed by atoms with Gasteiger partial charge in [0, 0.05) is 11.8 Å². The first-order valence-electron chi connectivity index (χ1n) is 10.7. The van der Waals surface area contributed by atoms with E-state index in [0.29, 0.717) is 39.5 Å². The maximum absolute atomic E-state index is 15.6. The molecule has 0 N–H and O–H groups in total. The van der Waals surface area contributed by atoms with Crippen molar-refractivity contribution in [3.05, 3.63) is 121 Å². The Balaban J connectivity index is 1.73. The third-order valence-electron chi connectivity index (χ3n) is 5.11. The van der Waals surface area contributed by atoms with Crippen LogP contribution in [0.15, 0.2) is 110 Å². The van der Waals surface area contributed by atoms with E-state index >= 15 is 4.39 Å². The van der Waals surface area contributed by atoms with Crippen molar-refractivity contribution in [3.8, 4) is 34.5 Å². The van der Waals surface area contributed by atoms with Crippen LogP contribution in [0.4, 0.5) is 4.39 Å². The van der Waals surface area contributed by atoms with E-state index in [1.807, 2.05) is 66.7 Å². The molecule has 4 nitrogen and oxygen atoms in total. The molecular weight excluding hydrogens is 429 g/mol. The van der Waals surface area contributed by atoms with Crippen molar-refractivity contribution in [2.45, 2.75) is 0 Å². The summed E-state index contributed by atoms with van der Waals surface area (Å²) in [5.41, 5.74) is 1.02. The van der Waals surface area contributed by atoms with E-state index in [2.05, 4.69) is 11.6 Å². The predicted octanol–water partition coefficient (Wildman–Crippen LogP) is 8.39. The molecule has 0 unspecified atom stereocenters. The van der Waals surface area contributed by atoms with Gasteiger partial charge in [0.15, 0.2) is 11.6 Å². The zero-order valence-electron chi connectivity index (χ0n) is 18.1. The van der Waals surface area contributed by atoms with Gasteiger partial charge >= 0.3 is 0 Å². The molecule has 0 aliphatic carbocycles. The molecule has 0 aliphatic heterocycles. The number of ether oxygens (including phenoxy) is 3. The van der Waals surface area contributed by atoms with Crippen molar-refractivity contribution in [2.24, 2.45) is 0 Å². The van der Waals surface area contributed by atoms with Gasteiger partial charge in [-0.05, 0) is 42.5 Å². The molecule has 34 heavy (non-hydrogen) atoms. The van der Waals surface area contributed by atoms with Crippen LogP contribution in [0.3, 0.4) is 0 Å². The Morgan fingerprint density at radius 3 is 1.62 bits per heavy atom. The van der Waals surface area contributed by atoms with E-state index < -0.39 is 5.82 Å². The lowest BCUT2D eigenvalue weighted by atomic mass is 10.1. The third kappa shape index (κ3) is 4.32. The van der Waals surface area contributed by atoms with Gasteiger partial charge in [-0.2, -0.15) is 0 Å². The van der Waals surface area contributed by atoms with Crippen LogP contribution in [-0.4, -0.2) is 4.98 Å². The molecule has 1 heterocycles. The Morgan fingerprint density at radius 2 is 1.12 bits per heavy atom. The summed E-state index contributed by atoms with van der Waals surface area (Å²) in [5.74, 6) is 1.51. The van der Waals surface area contributed by atoms with Gasteiger partial charge in [-0.15, -0.1) is 0 Å². The molecular formula is C29H20FNO3. The zero-order valence-corrected chi connectivity index (χ0v) is 18.1. The number of hydrogen-bond acceptors (Lipinski definition) is 4. The summed E-state index contributed by atoms with van der Waals surface area (Å²) < 4.78 is 33.8. The molecule has 5 heteroatoms. The van der Waals surface area contributed by atoms with Crippen molar-refractivity contribution < 1.29 is 18.6 Å². The number of pyridine rings is 1. The summed E-state index contributed by atoms with van der Waals surface area (Å²) >= 11 is 0. The highest BCUT2D eigenvalue weighted by molar-refractivity contribution is 5.95. The van der Waals surface area contributed by atoms with Gasteiger partial charge in [0.25, 0.3) is 0 Å². The minimum Gasteiger partial charge on any atom is -0.456 e. The Labute approximate surface area is 196 Å². The standard InChI is InChI=1S/C29H20FNO3/c1-2-20-19-31-26-24(27(20)32-21-12-6-3-7-13-21)18-25(30)28(33-22-14-8-4-9-15-22)29(26)34-23-16-10-5-11-17-23/h2-19H,1H2. The summed E-state index contributed by atoms with van der Waals surface area (Å²) in [6.45, 7) is 3.86. The average molecular weight is 449 g/mol. The van der Waals surface area contributed by atoms with E-state index in [0.717, 1.165) is 0 Å². The summed E-state index contributed by atoms with van der Waals surface area (Å²) in [6, 6.07) is 28.7. The quantitative estimate of drug-likeness (QED) is 0.250. The average Bonchev–Trinajstić information content (AvgIpc) is 2.88. The van der Waals surface area contributed by atoms with Crippen LogP contribution in [0.1, 0.15) is 5.56 Å². The van der Waals surface area contributed by atoms with Gasteiger partial charge in [-0.25, -0.2) is 4.39 Å². The molecule has 0 bridgehead atoms. The first kappa shape index (κ1) is 21.2. The maximum atomic E-state index is 15.6. The normalized spacial score (nSPS) is 10.6. The van der Waals surface area contributed by atoms with Crippen LogP contribution >= 0.6 is 0 Å². The smallest absolute Gasteiger partial charge is 0.207 e. The molecule has 4 aromatic carbocycles. The largest absolute Gasteiger partial charge is 0.456 e. The molecule has 5 aromatic rings. The third-order valence-corrected chi connectivity index (χ3v) is 5.11. The molecule has 0 saturated heterocycles. The number of rotatable bonds is 7. The Bertz CT molecular complexity index is 1440. The molecule has 0 atom stereocenters. The first-order chi connectivity index (χ1) is 16.7. The molecule has 0 saturated carbocycles. The SMILES string of the molecule is C=Cc1cnc2c(Oc3ccccc3)c(Oc3ccccc3)c(F)cc2c1Oc1ccccc1. The predicted molar refractivity (Wildman–Crippen MR) is 131 cm³/mol. The molecule has 0 amide bonds. The number of halogens is 1. The monoisotopic (exact) mass is 449 g/mol. The number of aromatic nitrogens is 1. The number of nitrogens with zero attached hydrogens (tertiary/aromatic N) is 1. The molecule has 166 valence electrons. The topological polar surface area (TPSA) is 40.6 Å². The summed E-state index contributed by atoms with van der Waals surface area (Å²) in [7, 11) is 0. The first-order valence-corrected chi connectivity index (χ1v) is 10.7. The Morgan fingerprint density at radius 1 is 0.647 bits per heavy atom. The molecule has 0 radical (unpaired) electrons. The van der Waals surface area contributed by atoms with Crippen LogP contribution in [0.5, 0.6) is 34.5 Å². The minimum absolute atomic E-state index is 0.0629. The second-order valence-electron chi connectivity index (χ2n) is 7.40. The lowest BCUT2D eigenvalue weighted by molar-refractivity contribution is 0.397. The van der Waals surface area contributed by atoms with Gasteiger partial charge in [-0.1, -0.05) is 67.3 Å². The number of benzene rings is 4. The van der Waals surface area contributed by atoms with E-state index in [-0.39, 0.29) is 11.5 Å². The molecule has 1 aromatic heterocycles. The van der Waals surface area contributed by atoms with E-state index in [9.17, 15) is 0 Å². The van der Waals surface area contributed by atoms with Crippen LogP contribution in [-0.2, 0) is 0 Å². The Kier molecular flexibility index (Phi) is 5.91. The number of para-hydroxylation sites is 3. The maximum Gasteiger partial charge on any atom is 0.207 e. The second kappa shape index (κ2) is 9.46. The van der Waals surface area contributed by atoms with Gasteiger partial charge in [0.2, 0.25) is 5.75 Å². The molecule has 0 spiro atoms. The summed E-state index contributed by atoms with van der Waals surface area (Å²) in [4.78, 5) is 4.57. The van der Waals surface area contributed by atoms with Crippen molar-refractivity contribution in [1.29, 1.82) is 0 Å². The van der Waals surface area contributed by atoms with Crippen molar-refractivity contribution in [1.82, 2.24) is 4.98 Å². The lowest BCUT2D eigenvalue weighted by Gasteiger charge is -2.18. The number of hydrogen-bond donors (Lipinski definition) is 0. The van der Waals surface area contributed by atoms with Gasteiger partial charge < -0.3 is 14.2 Å². The van der Waals surface area contributed by atoms with Crippen LogP contribution < -0.4 is 14.2 Å². The van der Waals surface area contributed by atoms with Gasteiger partial charge in [0.1, 0.15) is 28.5 Å². The highest BCUT2D eigenvalue weighted by atomic mass is 19.1. The summed E-state index contributed by atoms with van der Waals surface area (Å²) in [5, 5.41) is 0.435. The second-order valence-corrected chi connectivity index (χ2v) is 7.40. The van der Waals surface area contributed by atoms with E-state index in [1.54, 1.807) is 36.5 Å². The fraction of sp³-hybridized carbons (Fsp3) is 0. The van der Waals surface area contributed by atoms with Crippen LogP contribution in [0.2, 0.25) is 0 Å². The van der Waals surface area contributed by atoms with Gasteiger partial charge in [-0.3, -0.25) is 4.98 Å². The lowest BCUT2D eigenvalue weighted by Crippen LogP contribution is -1.99. The Hall–Kier alpha value is -4.64. The highest BCUT2D eigenvalue weighted by Gasteiger charge is 2.23. The molecule has 5 rings (SSSR count). The summed E-state index contributed by atoms with van der Waals surface area (Å²) in [6.07, 6.45) is 3.24. The van der Waals surface area contributed by atoms with Gasteiger partial charge in [0.05, 0.1) is 5.39 Å².